The molecule has 6 nitrogen and oxygen atoms in total. The van der Waals surface area contributed by atoms with Crippen molar-refractivity contribution >= 4 is 5.91 Å². The smallest absolute Gasteiger partial charge is 0.323 e. The predicted molar refractivity (Wildman–Crippen MR) is 59.4 cm³/mol. The highest BCUT2D eigenvalue weighted by atomic mass is 16.2. The summed E-state index contributed by atoms with van der Waals surface area (Å²) in [6.07, 6.45) is 1.42. The molecular weight excluding hydrogens is 208 g/mol. The molecule has 16 heavy (non-hydrogen) atoms. The van der Waals surface area contributed by atoms with Crippen molar-refractivity contribution in [1.82, 2.24) is 20.2 Å². The first-order valence-corrected chi connectivity index (χ1v) is 5.31. The summed E-state index contributed by atoms with van der Waals surface area (Å²) in [4.78, 5) is 29.8. The van der Waals surface area contributed by atoms with Crippen LogP contribution in [0.3, 0.4) is 0 Å². The van der Waals surface area contributed by atoms with Gasteiger partial charge in [0.05, 0.1) is 5.54 Å². The molecule has 0 radical (unpaired) electrons. The van der Waals surface area contributed by atoms with E-state index in [4.69, 9.17) is 0 Å². The summed E-state index contributed by atoms with van der Waals surface area (Å²) < 4.78 is 0. The molecule has 1 aliphatic heterocycles. The van der Waals surface area contributed by atoms with Crippen LogP contribution < -0.4 is 11.0 Å². The summed E-state index contributed by atoms with van der Waals surface area (Å²) in [5.74, 6) is -0.134. The van der Waals surface area contributed by atoms with E-state index in [0.717, 1.165) is 13.1 Å². The number of carbonyl (C=O) groups excluding carboxylic acids is 1. The number of aromatic nitrogens is 2. The van der Waals surface area contributed by atoms with Crippen LogP contribution in [0.1, 0.15) is 24.3 Å². The first kappa shape index (κ1) is 10.9. The Morgan fingerprint density at radius 2 is 2.25 bits per heavy atom. The number of rotatable bonds is 1. The van der Waals surface area contributed by atoms with Gasteiger partial charge >= 0.3 is 5.69 Å². The van der Waals surface area contributed by atoms with Gasteiger partial charge in [-0.1, -0.05) is 0 Å². The first-order chi connectivity index (χ1) is 7.50. The van der Waals surface area contributed by atoms with Gasteiger partial charge in [0, 0.05) is 25.8 Å². The molecule has 2 rings (SSSR count). The number of nitrogens with one attached hydrogen (secondary N) is 3. The number of amides is 1. The van der Waals surface area contributed by atoms with E-state index in [1.807, 2.05) is 13.8 Å². The number of imidazole rings is 1. The van der Waals surface area contributed by atoms with E-state index in [2.05, 4.69) is 15.3 Å². The van der Waals surface area contributed by atoms with Crippen molar-refractivity contribution in [3.63, 3.8) is 0 Å². The highest BCUT2D eigenvalue weighted by molar-refractivity contribution is 5.92. The lowest BCUT2D eigenvalue weighted by molar-refractivity contribution is 0.0472. The van der Waals surface area contributed by atoms with Crippen molar-refractivity contribution < 1.29 is 4.79 Å². The summed E-state index contributed by atoms with van der Waals surface area (Å²) in [6.45, 7) is 6.19. The third kappa shape index (κ3) is 1.88. The fourth-order valence-electron chi connectivity index (χ4n) is 1.95. The van der Waals surface area contributed by atoms with Crippen molar-refractivity contribution in [3.8, 4) is 0 Å². The number of hydrogen-bond acceptors (Lipinski definition) is 3. The van der Waals surface area contributed by atoms with E-state index in [1.165, 1.54) is 6.20 Å². The third-order valence-electron chi connectivity index (χ3n) is 2.87. The molecule has 6 heteroatoms. The van der Waals surface area contributed by atoms with E-state index >= 15 is 0 Å². The van der Waals surface area contributed by atoms with E-state index in [-0.39, 0.29) is 17.1 Å². The second kappa shape index (κ2) is 3.79. The molecule has 0 saturated carbocycles. The molecule has 0 unspecified atom stereocenters. The second-order valence-electron chi connectivity index (χ2n) is 4.60. The SMILES string of the molecule is CC1(C)CNCCN1C(=O)c1c[nH]c(=O)[nH]1. The predicted octanol–water partition coefficient (Wildman–Crippen LogP) is -0.473. The molecule has 2 heterocycles. The Hall–Kier alpha value is -1.56. The van der Waals surface area contributed by atoms with Crippen LogP contribution in [0, 0.1) is 0 Å². The lowest BCUT2D eigenvalue weighted by atomic mass is 10.00. The van der Waals surface area contributed by atoms with Gasteiger partial charge in [0.25, 0.3) is 5.91 Å². The number of carbonyl (C=O) groups is 1. The molecule has 88 valence electrons. The zero-order valence-corrected chi connectivity index (χ0v) is 9.46. The zero-order valence-electron chi connectivity index (χ0n) is 9.46. The van der Waals surface area contributed by atoms with Gasteiger partial charge in [-0.15, -0.1) is 0 Å². The Morgan fingerprint density at radius 1 is 1.50 bits per heavy atom. The molecule has 3 N–H and O–H groups in total. The van der Waals surface area contributed by atoms with Gasteiger partial charge in [-0.25, -0.2) is 4.79 Å². The van der Waals surface area contributed by atoms with Crippen LogP contribution in [-0.2, 0) is 0 Å². The highest BCUT2D eigenvalue weighted by Gasteiger charge is 2.34. The highest BCUT2D eigenvalue weighted by Crippen LogP contribution is 2.18. The molecule has 0 atom stereocenters. The maximum Gasteiger partial charge on any atom is 0.323 e. The average molecular weight is 224 g/mol. The van der Waals surface area contributed by atoms with E-state index in [1.54, 1.807) is 4.90 Å². The Labute approximate surface area is 93.0 Å². The Morgan fingerprint density at radius 3 is 2.81 bits per heavy atom. The van der Waals surface area contributed by atoms with Crippen molar-refractivity contribution in [2.75, 3.05) is 19.6 Å². The van der Waals surface area contributed by atoms with E-state index in [0.29, 0.717) is 12.2 Å². The molecule has 1 aromatic rings. The summed E-state index contributed by atoms with van der Waals surface area (Å²) in [6, 6.07) is 0. The molecule has 1 amide bonds. The topological polar surface area (TPSA) is 81.0 Å². The number of nitrogens with zero attached hydrogens (tertiary/aromatic N) is 1. The molecule has 0 aliphatic carbocycles. The van der Waals surface area contributed by atoms with Gasteiger partial charge in [0.15, 0.2) is 0 Å². The Balaban J connectivity index is 2.24. The van der Waals surface area contributed by atoms with Crippen LogP contribution in [-0.4, -0.2) is 45.9 Å². The maximum atomic E-state index is 12.1. The standard InChI is InChI=1S/C10H16N4O2/c1-10(2)6-11-3-4-14(10)8(15)7-5-12-9(16)13-7/h5,11H,3-4,6H2,1-2H3,(H2,12,13,16). The minimum Gasteiger partial charge on any atom is -0.330 e. The average Bonchev–Trinajstić information content (AvgIpc) is 2.63. The van der Waals surface area contributed by atoms with Gasteiger partial charge in [0.1, 0.15) is 5.69 Å². The minimum absolute atomic E-state index is 0.134. The fourth-order valence-corrected chi connectivity index (χ4v) is 1.95. The lowest BCUT2D eigenvalue weighted by Crippen LogP contribution is -2.59. The fraction of sp³-hybridized carbons (Fsp3) is 0.600. The van der Waals surface area contributed by atoms with Crippen molar-refractivity contribution in [2.24, 2.45) is 0 Å². The van der Waals surface area contributed by atoms with Gasteiger partial charge in [0.2, 0.25) is 0 Å². The number of aromatic amines is 2. The second-order valence-corrected chi connectivity index (χ2v) is 4.60. The molecule has 1 aliphatic rings. The quantitative estimate of drug-likeness (QED) is 0.603. The van der Waals surface area contributed by atoms with Crippen LogP contribution in [0.25, 0.3) is 0 Å². The maximum absolute atomic E-state index is 12.1. The molecule has 1 fully saturated rings. The van der Waals surface area contributed by atoms with Crippen molar-refractivity contribution in [3.05, 3.63) is 22.4 Å². The van der Waals surface area contributed by atoms with Gasteiger partial charge < -0.3 is 20.2 Å². The first-order valence-electron chi connectivity index (χ1n) is 5.31. The third-order valence-corrected chi connectivity index (χ3v) is 2.87. The summed E-state index contributed by atoms with van der Waals surface area (Å²) in [5, 5.41) is 3.24. The normalized spacial score (nSPS) is 19.8. The van der Waals surface area contributed by atoms with Gasteiger partial charge in [-0.05, 0) is 13.8 Å². The molecule has 0 spiro atoms. The summed E-state index contributed by atoms with van der Waals surface area (Å²) in [5.41, 5.74) is -0.264. The number of hydrogen-bond donors (Lipinski definition) is 3. The van der Waals surface area contributed by atoms with Gasteiger partial charge in [-0.3, -0.25) is 4.79 Å². The van der Waals surface area contributed by atoms with Crippen LogP contribution in [0.15, 0.2) is 11.0 Å². The van der Waals surface area contributed by atoms with Crippen LogP contribution in [0.4, 0.5) is 0 Å². The zero-order chi connectivity index (χ0) is 11.8. The van der Waals surface area contributed by atoms with Crippen LogP contribution >= 0.6 is 0 Å². The largest absolute Gasteiger partial charge is 0.330 e. The van der Waals surface area contributed by atoms with Gasteiger partial charge in [-0.2, -0.15) is 0 Å². The van der Waals surface area contributed by atoms with Crippen molar-refractivity contribution in [1.29, 1.82) is 0 Å². The monoisotopic (exact) mass is 224 g/mol. The number of H-pyrrole nitrogens is 2. The Kier molecular flexibility index (Phi) is 2.59. The molecule has 1 aromatic heterocycles. The van der Waals surface area contributed by atoms with E-state index in [9.17, 15) is 9.59 Å². The van der Waals surface area contributed by atoms with E-state index < -0.39 is 0 Å². The summed E-state index contributed by atoms with van der Waals surface area (Å²) >= 11 is 0. The molecular formula is C10H16N4O2. The van der Waals surface area contributed by atoms with Crippen molar-refractivity contribution in [2.45, 2.75) is 19.4 Å². The van der Waals surface area contributed by atoms with Crippen LogP contribution in [0.5, 0.6) is 0 Å². The molecule has 1 saturated heterocycles. The number of piperazine rings is 1. The Bertz CT molecular complexity index is 446. The lowest BCUT2D eigenvalue weighted by Gasteiger charge is -2.42. The minimum atomic E-state index is -0.351. The molecule has 0 aromatic carbocycles. The molecule has 0 bridgehead atoms. The summed E-state index contributed by atoms with van der Waals surface area (Å²) in [7, 11) is 0. The van der Waals surface area contributed by atoms with Crippen LogP contribution in [0.2, 0.25) is 0 Å².